The van der Waals surface area contributed by atoms with Crippen LogP contribution in [-0.4, -0.2) is 16.2 Å². The van der Waals surface area contributed by atoms with Crippen molar-refractivity contribution in [3.8, 4) is 11.4 Å². The zero-order chi connectivity index (χ0) is 13.4. The third kappa shape index (κ3) is 2.55. The number of nitrogens with zero attached hydrogens (tertiary/aromatic N) is 2. The SMILES string of the molecule is N[C@H]1CC[C@@H](c2nc(-c3ccc(F)cc3Br)no2)C1. The van der Waals surface area contributed by atoms with E-state index in [2.05, 4.69) is 26.1 Å². The Labute approximate surface area is 118 Å². The summed E-state index contributed by atoms with van der Waals surface area (Å²) in [6, 6.07) is 4.62. The number of hydrogen-bond acceptors (Lipinski definition) is 4. The second-order valence-electron chi connectivity index (χ2n) is 4.85. The van der Waals surface area contributed by atoms with Crippen LogP contribution < -0.4 is 5.73 Å². The number of rotatable bonds is 2. The lowest BCUT2D eigenvalue weighted by molar-refractivity contribution is 0.353. The van der Waals surface area contributed by atoms with Crippen molar-refractivity contribution in [1.29, 1.82) is 0 Å². The summed E-state index contributed by atoms with van der Waals surface area (Å²) < 4.78 is 19.0. The molecule has 3 rings (SSSR count). The minimum Gasteiger partial charge on any atom is -0.339 e. The Morgan fingerprint density at radius 2 is 2.21 bits per heavy atom. The van der Waals surface area contributed by atoms with E-state index in [1.807, 2.05) is 0 Å². The van der Waals surface area contributed by atoms with Gasteiger partial charge in [-0.25, -0.2) is 4.39 Å². The molecule has 0 radical (unpaired) electrons. The molecule has 1 saturated carbocycles. The second kappa shape index (κ2) is 5.02. The normalized spacial score (nSPS) is 22.9. The summed E-state index contributed by atoms with van der Waals surface area (Å²) in [6.07, 6.45) is 2.85. The fourth-order valence-corrected chi connectivity index (χ4v) is 2.95. The van der Waals surface area contributed by atoms with Crippen molar-refractivity contribution in [2.24, 2.45) is 5.73 Å². The molecule has 1 heterocycles. The van der Waals surface area contributed by atoms with Crippen LogP contribution >= 0.6 is 15.9 Å². The zero-order valence-electron chi connectivity index (χ0n) is 10.1. The highest BCUT2D eigenvalue weighted by atomic mass is 79.9. The van der Waals surface area contributed by atoms with Gasteiger partial charge in [-0.3, -0.25) is 0 Å². The second-order valence-corrected chi connectivity index (χ2v) is 5.70. The molecule has 0 unspecified atom stereocenters. The first-order chi connectivity index (χ1) is 9.13. The molecule has 1 aromatic heterocycles. The van der Waals surface area contributed by atoms with Crippen molar-refractivity contribution >= 4 is 15.9 Å². The van der Waals surface area contributed by atoms with Gasteiger partial charge >= 0.3 is 0 Å². The highest BCUT2D eigenvalue weighted by molar-refractivity contribution is 9.10. The van der Waals surface area contributed by atoms with Crippen LogP contribution in [0.4, 0.5) is 4.39 Å². The first kappa shape index (κ1) is 12.7. The van der Waals surface area contributed by atoms with Crippen molar-refractivity contribution in [2.75, 3.05) is 0 Å². The van der Waals surface area contributed by atoms with Crippen LogP contribution in [0.15, 0.2) is 27.2 Å². The van der Waals surface area contributed by atoms with E-state index in [1.165, 1.54) is 12.1 Å². The lowest BCUT2D eigenvalue weighted by Gasteiger charge is -2.01. The predicted molar refractivity (Wildman–Crippen MR) is 72.0 cm³/mol. The Kier molecular flexibility index (Phi) is 3.36. The molecule has 1 aliphatic rings. The van der Waals surface area contributed by atoms with Crippen LogP contribution in [0.25, 0.3) is 11.4 Å². The number of halogens is 2. The van der Waals surface area contributed by atoms with Crippen LogP contribution in [-0.2, 0) is 0 Å². The summed E-state index contributed by atoms with van der Waals surface area (Å²) >= 11 is 3.30. The molecule has 2 atom stereocenters. The molecule has 0 amide bonds. The molecule has 0 saturated heterocycles. The smallest absolute Gasteiger partial charge is 0.230 e. The molecule has 100 valence electrons. The van der Waals surface area contributed by atoms with Crippen molar-refractivity contribution < 1.29 is 8.91 Å². The van der Waals surface area contributed by atoms with Gasteiger partial charge in [0, 0.05) is 22.0 Å². The monoisotopic (exact) mass is 325 g/mol. The molecular formula is C13H13BrFN3O. The Morgan fingerprint density at radius 3 is 2.89 bits per heavy atom. The molecule has 1 aromatic carbocycles. The molecule has 6 heteroatoms. The molecule has 0 aliphatic heterocycles. The number of hydrogen-bond donors (Lipinski definition) is 1. The van der Waals surface area contributed by atoms with E-state index in [0.717, 1.165) is 24.8 Å². The molecule has 2 N–H and O–H groups in total. The molecule has 0 spiro atoms. The summed E-state index contributed by atoms with van der Waals surface area (Å²) in [7, 11) is 0. The minimum absolute atomic E-state index is 0.220. The molecule has 1 aliphatic carbocycles. The van der Waals surface area contributed by atoms with Gasteiger partial charge in [0.25, 0.3) is 0 Å². The zero-order valence-corrected chi connectivity index (χ0v) is 11.7. The Balaban J connectivity index is 1.88. The minimum atomic E-state index is -0.305. The van der Waals surface area contributed by atoms with Crippen LogP contribution in [0, 0.1) is 5.82 Å². The van der Waals surface area contributed by atoms with Gasteiger partial charge in [-0.1, -0.05) is 5.16 Å². The first-order valence-electron chi connectivity index (χ1n) is 6.18. The molecule has 0 bridgehead atoms. The first-order valence-corrected chi connectivity index (χ1v) is 6.97. The Morgan fingerprint density at radius 1 is 1.37 bits per heavy atom. The molecule has 2 aromatic rings. The largest absolute Gasteiger partial charge is 0.339 e. The van der Waals surface area contributed by atoms with E-state index in [9.17, 15) is 4.39 Å². The average Bonchev–Trinajstić information content (AvgIpc) is 2.97. The third-order valence-electron chi connectivity index (χ3n) is 3.44. The third-order valence-corrected chi connectivity index (χ3v) is 4.09. The fourth-order valence-electron chi connectivity index (χ4n) is 2.42. The lowest BCUT2D eigenvalue weighted by Crippen LogP contribution is -2.14. The van der Waals surface area contributed by atoms with E-state index < -0.39 is 0 Å². The summed E-state index contributed by atoms with van der Waals surface area (Å²) in [5.41, 5.74) is 6.60. The van der Waals surface area contributed by atoms with E-state index in [0.29, 0.717) is 16.2 Å². The van der Waals surface area contributed by atoms with Gasteiger partial charge in [0.2, 0.25) is 11.7 Å². The summed E-state index contributed by atoms with van der Waals surface area (Å²) in [6.45, 7) is 0. The van der Waals surface area contributed by atoms with Gasteiger partial charge in [-0.2, -0.15) is 4.98 Å². The highest BCUT2D eigenvalue weighted by Gasteiger charge is 2.28. The van der Waals surface area contributed by atoms with Crippen LogP contribution in [0.5, 0.6) is 0 Å². The van der Waals surface area contributed by atoms with E-state index in [4.69, 9.17) is 10.3 Å². The molecular weight excluding hydrogens is 313 g/mol. The van der Waals surface area contributed by atoms with Crippen molar-refractivity contribution in [1.82, 2.24) is 10.1 Å². The van der Waals surface area contributed by atoms with Gasteiger partial charge in [0.1, 0.15) is 5.82 Å². The van der Waals surface area contributed by atoms with Gasteiger partial charge < -0.3 is 10.3 Å². The van der Waals surface area contributed by atoms with Gasteiger partial charge in [-0.15, -0.1) is 0 Å². The fraction of sp³-hybridized carbons (Fsp3) is 0.385. The Bertz CT molecular complexity index is 601. The van der Waals surface area contributed by atoms with Crippen LogP contribution in [0.2, 0.25) is 0 Å². The van der Waals surface area contributed by atoms with E-state index >= 15 is 0 Å². The van der Waals surface area contributed by atoms with E-state index in [-0.39, 0.29) is 17.8 Å². The summed E-state index contributed by atoms with van der Waals surface area (Å²) in [5, 5.41) is 3.97. The maximum atomic E-state index is 13.0. The summed E-state index contributed by atoms with van der Waals surface area (Å²) in [5.74, 6) is 1.04. The average molecular weight is 326 g/mol. The number of aromatic nitrogens is 2. The Hall–Kier alpha value is -1.27. The molecule has 1 fully saturated rings. The van der Waals surface area contributed by atoms with Crippen LogP contribution in [0.3, 0.4) is 0 Å². The number of benzene rings is 1. The maximum Gasteiger partial charge on any atom is 0.230 e. The quantitative estimate of drug-likeness (QED) is 0.920. The maximum absolute atomic E-state index is 13.0. The van der Waals surface area contributed by atoms with E-state index in [1.54, 1.807) is 6.07 Å². The topological polar surface area (TPSA) is 64.9 Å². The van der Waals surface area contributed by atoms with Crippen molar-refractivity contribution in [2.45, 2.75) is 31.2 Å². The van der Waals surface area contributed by atoms with Crippen molar-refractivity contribution in [3.63, 3.8) is 0 Å². The van der Waals surface area contributed by atoms with Crippen LogP contribution in [0.1, 0.15) is 31.1 Å². The molecule has 19 heavy (non-hydrogen) atoms. The van der Waals surface area contributed by atoms with Gasteiger partial charge in [0.05, 0.1) is 0 Å². The lowest BCUT2D eigenvalue weighted by atomic mass is 10.1. The van der Waals surface area contributed by atoms with Gasteiger partial charge in [0.15, 0.2) is 0 Å². The summed E-state index contributed by atoms with van der Waals surface area (Å²) in [4.78, 5) is 4.40. The van der Waals surface area contributed by atoms with Gasteiger partial charge in [-0.05, 0) is 53.4 Å². The predicted octanol–water partition coefficient (Wildman–Crippen LogP) is 3.23. The number of nitrogens with two attached hydrogens (primary N) is 1. The standard InChI is InChI=1S/C13H13BrFN3O/c14-11-6-8(15)2-4-10(11)12-17-13(19-18-12)7-1-3-9(16)5-7/h2,4,6-7,9H,1,3,5,16H2/t7-,9+/m1/s1. The molecule has 4 nitrogen and oxygen atoms in total. The highest BCUT2D eigenvalue weighted by Crippen LogP contribution is 2.34. The van der Waals surface area contributed by atoms with Crippen molar-refractivity contribution in [3.05, 3.63) is 34.4 Å².